The number of rotatable bonds is 12. The molecule has 1 aromatic carbocycles. The summed E-state index contributed by atoms with van der Waals surface area (Å²) in [4.78, 5) is 14.7. The lowest BCUT2D eigenvalue weighted by Gasteiger charge is -2.37. The van der Waals surface area contributed by atoms with Gasteiger partial charge in [0, 0.05) is 85.9 Å². The summed E-state index contributed by atoms with van der Waals surface area (Å²) in [5, 5.41) is 21.8. The number of aryl methyl sites for hydroxylation is 1. The van der Waals surface area contributed by atoms with Crippen LogP contribution < -0.4 is 16.0 Å². The maximum Gasteiger partial charge on any atom is 0.393 e. The monoisotopic (exact) mass is 705 g/mol. The lowest BCUT2D eigenvalue weighted by Crippen LogP contribution is -2.46. The summed E-state index contributed by atoms with van der Waals surface area (Å²) in [5.74, 6) is 0.961. The molecule has 9 nitrogen and oxygen atoms in total. The van der Waals surface area contributed by atoms with E-state index < -0.39 is 12.6 Å². The second kappa shape index (κ2) is 15.0. The first kappa shape index (κ1) is 35.7. The first-order valence-electron chi connectivity index (χ1n) is 17.3. The van der Waals surface area contributed by atoms with E-state index in [0.29, 0.717) is 39.8 Å². The molecule has 5 heterocycles. The number of alkyl halides is 3. The van der Waals surface area contributed by atoms with Crippen LogP contribution in [0.1, 0.15) is 54.3 Å². The Morgan fingerprint density at radius 3 is 2.48 bits per heavy atom. The highest BCUT2D eigenvalue weighted by Gasteiger charge is 2.30. The summed E-state index contributed by atoms with van der Waals surface area (Å²) in [7, 11) is 1.70. The van der Waals surface area contributed by atoms with Gasteiger partial charge in [0.1, 0.15) is 22.4 Å². The number of hydrogen-bond acceptors (Lipinski definition) is 9. The summed E-state index contributed by atoms with van der Waals surface area (Å²) >= 11 is 1.06. The molecule has 6 rings (SSSR count). The lowest BCUT2D eigenvalue weighted by atomic mass is 10.0. The Balaban J connectivity index is 1.08. The number of anilines is 2. The van der Waals surface area contributed by atoms with Crippen LogP contribution in [0.15, 0.2) is 49.2 Å². The van der Waals surface area contributed by atoms with Gasteiger partial charge in [0.2, 0.25) is 5.95 Å². The highest BCUT2D eigenvalue weighted by molar-refractivity contribution is 7.18. The minimum absolute atomic E-state index is 0.145. The third kappa shape index (κ3) is 8.09. The number of halogens is 3. The van der Waals surface area contributed by atoms with Crippen molar-refractivity contribution in [2.24, 2.45) is 0 Å². The molecule has 266 valence electrons. The van der Waals surface area contributed by atoms with E-state index in [1.54, 1.807) is 19.2 Å². The van der Waals surface area contributed by atoms with Crippen LogP contribution in [0.25, 0.3) is 21.1 Å². The van der Waals surface area contributed by atoms with Gasteiger partial charge in [0.05, 0.1) is 11.8 Å². The van der Waals surface area contributed by atoms with Crippen LogP contribution in [0.3, 0.4) is 0 Å². The molecule has 0 spiro atoms. The van der Waals surface area contributed by atoms with Gasteiger partial charge < -0.3 is 20.5 Å². The molecule has 3 N–H and O–H groups in total. The molecule has 0 unspecified atom stereocenters. The van der Waals surface area contributed by atoms with E-state index in [0.717, 1.165) is 92.9 Å². The third-order valence-electron chi connectivity index (χ3n) is 10.2. The number of nitriles is 1. The average molecular weight is 706 g/mol. The molecule has 4 aromatic rings. The fourth-order valence-corrected chi connectivity index (χ4v) is 8.37. The van der Waals surface area contributed by atoms with E-state index in [4.69, 9.17) is 0 Å². The van der Waals surface area contributed by atoms with Gasteiger partial charge in [-0.05, 0) is 74.9 Å². The highest BCUT2D eigenvalue weighted by atomic mass is 32.1. The quantitative estimate of drug-likeness (QED) is 0.133. The molecule has 0 saturated carbocycles. The van der Waals surface area contributed by atoms with E-state index in [2.05, 4.69) is 85.5 Å². The molecule has 2 fully saturated rings. The Bertz CT molecular complexity index is 1890. The van der Waals surface area contributed by atoms with Crippen LogP contribution in [0, 0.1) is 18.3 Å². The number of allylic oxidation sites excluding steroid dienone is 1. The average Bonchev–Trinajstić information content (AvgIpc) is 3.66. The van der Waals surface area contributed by atoms with Crippen molar-refractivity contribution < 1.29 is 13.2 Å². The first-order valence-corrected chi connectivity index (χ1v) is 18.1. The van der Waals surface area contributed by atoms with Crippen LogP contribution in [-0.4, -0.2) is 81.9 Å². The van der Waals surface area contributed by atoms with E-state index in [1.165, 1.54) is 11.1 Å². The Kier molecular flexibility index (Phi) is 10.7. The van der Waals surface area contributed by atoms with Crippen LogP contribution in [0.4, 0.5) is 24.9 Å². The number of nitrogens with one attached hydrogen (secondary N) is 3. The molecule has 50 heavy (non-hydrogen) atoms. The van der Waals surface area contributed by atoms with Crippen LogP contribution >= 0.6 is 11.3 Å². The largest absolute Gasteiger partial charge is 0.393 e. The molecule has 0 aliphatic carbocycles. The summed E-state index contributed by atoms with van der Waals surface area (Å²) in [6.45, 7) is 17.5. The Morgan fingerprint density at radius 2 is 1.82 bits per heavy atom. The normalized spacial score (nSPS) is 17.5. The zero-order valence-electron chi connectivity index (χ0n) is 29.0. The molecule has 2 aliphatic rings. The first-order chi connectivity index (χ1) is 23.9. The number of benzene rings is 1. The van der Waals surface area contributed by atoms with Gasteiger partial charge >= 0.3 is 6.18 Å². The molecule has 0 bridgehead atoms. The van der Waals surface area contributed by atoms with E-state index >= 15 is 0 Å². The van der Waals surface area contributed by atoms with Crippen molar-refractivity contribution in [1.82, 2.24) is 29.7 Å². The Labute approximate surface area is 295 Å². The number of piperidine rings is 2. The zero-order valence-corrected chi connectivity index (χ0v) is 29.9. The predicted molar refractivity (Wildman–Crippen MR) is 197 cm³/mol. The van der Waals surface area contributed by atoms with Gasteiger partial charge in [-0.15, -0.1) is 11.3 Å². The highest BCUT2D eigenvalue weighted by Crippen LogP contribution is 2.35. The van der Waals surface area contributed by atoms with E-state index in [1.807, 2.05) is 6.07 Å². The standard InChI is InChI=1S/C37H46F3N9S/c1-6-23(2)43-27-11-15-48(16-12-27)24(3)21-49-29(20-41)17-31-25(4)26(7-8-33(31)49)22-47-13-9-28(10-14-47)44-34-32-18-30(19-37(38,39)40)50-35(32)46-36(42-5)45-34/h6-8,17-18,24,27-28,43H,1-2,9-16,19,21-22H2,3-5H3,(H2,42,44,45,46)/t24-/m0/s1. The summed E-state index contributed by atoms with van der Waals surface area (Å²) < 4.78 is 41.5. The van der Waals surface area contributed by atoms with Crippen LogP contribution in [-0.2, 0) is 19.5 Å². The number of fused-ring (bicyclic) bond motifs is 2. The maximum atomic E-state index is 13.1. The van der Waals surface area contributed by atoms with Gasteiger partial charge in [0.15, 0.2) is 0 Å². The summed E-state index contributed by atoms with van der Waals surface area (Å²) in [6, 6.07) is 11.3. The molecule has 0 amide bonds. The second-order valence-electron chi connectivity index (χ2n) is 13.6. The topological polar surface area (TPSA) is 97.1 Å². The van der Waals surface area contributed by atoms with Crippen molar-refractivity contribution in [1.29, 1.82) is 5.26 Å². The zero-order chi connectivity index (χ0) is 35.6. The second-order valence-corrected chi connectivity index (χ2v) is 14.7. The molecule has 2 saturated heterocycles. The maximum absolute atomic E-state index is 13.1. The number of likely N-dealkylation sites (tertiary alicyclic amines) is 2. The van der Waals surface area contributed by atoms with Crippen molar-refractivity contribution >= 4 is 44.2 Å². The van der Waals surface area contributed by atoms with Gasteiger partial charge in [-0.3, -0.25) is 9.80 Å². The fraction of sp³-hybridized carbons (Fsp3) is 0.486. The third-order valence-corrected chi connectivity index (χ3v) is 11.2. The molecule has 13 heteroatoms. The molecule has 3 aromatic heterocycles. The smallest absolute Gasteiger partial charge is 0.383 e. The SMILES string of the molecule is C=CC(=C)NC1CCN([C@@H](C)Cn2c(C#N)cc3c(C)c(CN4CCC(Nc5nc(NC)nc6sc(CC(F)(F)F)cc56)CC4)ccc32)CC1. The van der Waals surface area contributed by atoms with Gasteiger partial charge in [-0.25, -0.2) is 4.98 Å². The van der Waals surface area contributed by atoms with Crippen molar-refractivity contribution in [3.63, 3.8) is 0 Å². The van der Waals surface area contributed by atoms with Gasteiger partial charge in [-0.1, -0.05) is 19.2 Å². The molecular formula is C37H46F3N9S. The molecule has 0 radical (unpaired) electrons. The number of nitrogens with zero attached hydrogens (tertiary/aromatic N) is 6. The minimum Gasteiger partial charge on any atom is -0.383 e. The van der Waals surface area contributed by atoms with Crippen LogP contribution in [0.5, 0.6) is 0 Å². The van der Waals surface area contributed by atoms with E-state index in [-0.39, 0.29) is 10.9 Å². The Hall–Kier alpha value is -4.12. The Morgan fingerprint density at radius 1 is 1.10 bits per heavy atom. The summed E-state index contributed by atoms with van der Waals surface area (Å²) in [6.07, 6.45) is 0.370. The predicted octanol–water partition coefficient (Wildman–Crippen LogP) is 7.19. The summed E-state index contributed by atoms with van der Waals surface area (Å²) in [5.41, 5.74) is 5.11. The van der Waals surface area contributed by atoms with Crippen molar-refractivity contribution in [2.45, 2.75) is 83.3 Å². The van der Waals surface area contributed by atoms with Gasteiger partial charge in [0.25, 0.3) is 0 Å². The van der Waals surface area contributed by atoms with Crippen LogP contribution in [0.2, 0.25) is 0 Å². The minimum atomic E-state index is -4.28. The molecular weight excluding hydrogens is 660 g/mol. The van der Waals surface area contributed by atoms with E-state index in [9.17, 15) is 18.4 Å². The van der Waals surface area contributed by atoms with Gasteiger partial charge in [-0.2, -0.15) is 23.4 Å². The number of aromatic nitrogens is 3. The van der Waals surface area contributed by atoms with Crippen molar-refractivity contribution in [3.8, 4) is 6.07 Å². The number of thiophene rings is 1. The molecule has 2 aliphatic heterocycles. The lowest BCUT2D eigenvalue weighted by molar-refractivity contribution is -0.126. The molecule has 1 atom stereocenters. The van der Waals surface area contributed by atoms with Crippen molar-refractivity contribution in [3.05, 3.63) is 70.9 Å². The number of hydrogen-bond donors (Lipinski definition) is 3. The van der Waals surface area contributed by atoms with Crippen molar-refractivity contribution in [2.75, 3.05) is 43.9 Å². The fourth-order valence-electron chi connectivity index (χ4n) is 7.31.